The Balaban J connectivity index is 2.22. The van der Waals surface area contributed by atoms with E-state index < -0.39 is 0 Å². The molecule has 1 unspecified atom stereocenters. The fourth-order valence-electron chi connectivity index (χ4n) is 1.53. The van der Waals surface area contributed by atoms with Crippen molar-refractivity contribution in [1.82, 2.24) is 0 Å². The molecule has 1 saturated carbocycles. The lowest BCUT2D eigenvalue weighted by molar-refractivity contribution is 0.100. The van der Waals surface area contributed by atoms with E-state index in [0.717, 1.165) is 22.2 Å². The Hall–Kier alpha value is 0.100. The topological polar surface area (TPSA) is 46.2 Å². The predicted octanol–water partition coefficient (Wildman–Crippen LogP) is 2.28. The summed E-state index contributed by atoms with van der Waals surface area (Å²) in [4.78, 5) is 1.02. The van der Waals surface area contributed by atoms with Crippen molar-refractivity contribution < 1.29 is 5.11 Å². The molecule has 0 bridgehead atoms. The SMILES string of the molecule is NCC1(C(O)c2sccc2Br)CC1. The smallest absolute Gasteiger partial charge is 0.0961 e. The average Bonchev–Trinajstić information content (AvgIpc) is 2.83. The highest BCUT2D eigenvalue weighted by Gasteiger charge is 2.49. The van der Waals surface area contributed by atoms with Gasteiger partial charge in [-0.1, -0.05) is 0 Å². The molecule has 0 radical (unpaired) electrons. The molecule has 1 fully saturated rings. The molecule has 0 aromatic carbocycles. The Kier molecular flexibility index (Phi) is 2.49. The monoisotopic (exact) mass is 261 g/mol. The van der Waals surface area contributed by atoms with Gasteiger partial charge < -0.3 is 10.8 Å². The van der Waals surface area contributed by atoms with Crippen LogP contribution in [0.25, 0.3) is 0 Å². The van der Waals surface area contributed by atoms with Gasteiger partial charge in [-0.15, -0.1) is 11.3 Å². The van der Waals surface area contributed by atoms with Gasteiger partial charge >= 0.3 is 0 Å². The Labute approximate surface area is 89.9 Å². The molecule has 2 nitrogen and oxygen atoms in total. The lowest BCUT2D eigenvalue weighted by Crippen LogP contribution is -2.22. The highest BCUT2D eigenvalue weighted by atomic mass is 79.9. The van der Waals surface area contributed by atoms with Crippen molar-refractivity contribution in [3.63, 3.8) is 0 Å². The van der Waals surface area contributed by atoms with E-state index >= 15 is 0 Å². The van der Waals surface area contributed by atoms with Gasteiger partial charge in [0.15, 0.2) is 0 Å². The van der Waals surface area contributed by atoms with Crippen LogP contribution in [0.2, 0.25) is 0 Å². The molecule has 1 aromatic rings. The molecule has 1 heterocycles. The Morgan fingerprint density at radius 3 is 2.77 bits per heavy atom. The quantitative estimate of drug-likeness (QED) is 0.877. The highest BCUT2D eigenvalue weighted by molar-refractivity contribution is 9.10. The van der Waals surface area contributed by atoms with Crippen LogP contribution in [-0.4, -0.2) is 11.7 Å². The summed E-state index contributed by atoms with van der Waals surface area (Å²) in [6.07, 6.45) is 1.72. The van der Waals surface area contributed by atoms with Crippen LogP contribution in [0.5, 0.6) is 0 Å². The number of aliphatic hydroxyl groups is 1. The number of hydrogen-bond acceptors (Lipinski definition) is 3. The van der Waals surface area contributed by atoms with Crippen LogP contribution < -0.4 is 5.73 Å². The minimum Gasteiger partial charge on any atom is -0.387 e. The summed E-state index contributed by atoms with van der Waals surface area (Å²) in [5.74, 6) is 0. The van der Waals surface area contributed by atoms with Crippen molar-refractivity contribution in [2.75, 3.05) is 6.54 Å². The van der Waals surface area contributed by atoms with Gasteiger partial charge in [0, 0.05) is 21.3 Å². The molecular weight excluding hydrogens is 250 g/mol. The molecule has 1 atom stereocenters. The van der Waals surface area contributed by atoms with E-state index in [4.69, 9.17) is 5.73 Å². The van der Waals surface area contributed by atoms with Gasteiger partial charge in [-0.3, -0.25) is 0 Å². The van der Waals surface area contributed by atoms with Crippen molar-refractivity contribution in [1.29, 1.82) is 0 Å². The molecule has 4 heteroatoms. The molecule has 3 N–H and O–H groups in total. The van der Waals surface area contributed by atoms with Gasteiger partial charge in [-0.05, 0) is 40.2 Å². The molecule has 0 amide bonds. The maximum absolute atomic E-state index is 10.1. The molecule has 72 valence electrons. The summed E-state index contributed by atoms with van der Waals surface area (Å²) in [6.45, 7) is 0.582. The van der Waals surface area contributed by atoms with Crippen molar-refractivity contribution in [2.24, 2.45) is 11.1 Å². The normalized spacial score (nSPS) is 21.5. The minimum atomic E-state index is -0.383. The van der Waals surface area contributed by atoms with Crippen LogP contribution in [0.3, 0.4) is 0 Å². The zero-order chi connectivity index (χ0) is 9.47. The lowest BCUT2D eigenvalue weighted by Gasteiger charge is -2.19. The molecule has 0 saturated heterocycles. The van der Waals surface area contributed by atoms with Crippen LogP contribution in [0.15, 0.2) is 15.9 Å². The van der Waals surface area contributed by atoms with E-state index in [1.54, 1.807) is 11.3 Å². The molecule has 0 spiro atoms. The molecular formula is C9H12BrNOS. The van der Waals surface area contributed by atoms with Gasteiger partial charge in [-0.2, -0.15) is 0 Å². The summed E-state index contributed by atoms with van der Waals surface area (Å²) >= 11 is 5.01. The van der Waals surface area contributed by atoms with E-state index in [1.165, 1.54) is 0 Å². The van der Waals surface area contributed by atoms with Crippen LogP contribution >= 0.6 is 27.3 Å². The van der Waals surface area contributed by atoms with Crippen molar-refractivity contribution in [2.45, 2.75) is 18.9 Å². The van der Waals surface area contributed by atoms with Crippen LogP contribution in [0, 0.1) is 5.41 Å². The van der Waals surface area contributed by atoms with Crippen LogP contribution in [0.4, 0.5) is 0 Å². The molecule has 1 aromatic heterocycles. The largest absolute Gasteiger partial charge is 0.387 e. The number of halogens is 1. The number of thiophene rings is 1. The number of hydrogen-bond donors (Lipinski definition) is 2. The maximum Gasteiger partial charge on any atom is 0.0961 e. The Morgan fingerprint density at radius 1 is 1.69 bits per heavy atom. The highest BCUT2D eigenvalue weighted by Crippen LogP contribution is 2.55. The first-order valence-electron chi connectivity index (χ1n) is 4.31. The molecule has 1 aliphatic carbocycles. The van der Waals surface area contributed by atoms with Gasteiger partial charge in [0.05, 0.1) is 6.10 Å². The van der Waals surface area contributed by atoms with Gasteiger partial charge in [0.1, 0.15) is 0 Å². The third-order valence-electron chi connectivity index (χ3n) is 2.77. The fourth-order valence-corrected chi connectivity index (χ4v) is 3.24. The number of aliphatic hydroxyl groups excluding tert-OH is 1. The lowest BCUT2D eigenvalue weighted by atomic mass is 9.98. The average molecular weight is 262 g/mol. The summed E-state index contributed by atoms with van der Waals surface area (Å²) < 4.78 is 1.00. The molecule has 0 aliphatic heterocycles. The first-order chi connectivity index (χ1) is 6.19. The second kappa shape index (κ2) is 3.35. The number of nitrogens with two attached hydrogens (primary N) is 1. The fraction of sp³-hybridized carbons (Fsp3) is 0.556. The van der Waals surface area contributed by atoms with Crippen LogP contribution in [-0.2, 0) is 0 Å². The van der Waals surface area contributed by atoms with Gasteiger partial charge in [0.2, 0.25) is 0 Å². The van der Waals surface area contributed by atoms with E-state index in [2.05, 4.69) is 15.9 Å². The molecule has 1 aliphatic rings. The molecule has 13 heavy (non-hydrogen) atoms. The maximum atomic E-state index is 10.1. The van der Waals surface area contributed by atoms with Crippen molar-refractivity contribution in [3.05, 3.63) is 20.8 Å². The first kappa shape index (κ1) is 9.65. The summed E-state index contributed by atoms with van der Waals surface area (Å²) in [6, 6.07) is 1.97. The zero-order valence-electron chi connectivity index (χ0n) is 7.16. The summed E-state index contributed by atoms with van der Waals surface area (Å²) in [5, 5.41) is 12.1. The standard InChI is InChI=1S/C9H12BrNOS/c10-6-1-4-13-7(6)8(12)9(5-11)2-3-9/h1,4,8,12H,2-3,5,11H2. The van der Waals surface area contributed by atoms with E-state index in [1.807, 2.05) is 11.4 Å². The number of rotatable bonds is 3. The van der Waals surface area contributed by atoms with E-state index in [9.17, 15) is 5.11 Å². The Morgan fingerprint density at radius 2 is 2.38 bits per heavy atom. The predicted molar refractivity (Wildman–Crippen MR) is 57.7 cm³/mol. The summed E-state index contributed by atoms with van der Waals surface area (Å²) in [5.41, 5.74) is 5.63. The van der Waals surface area contributed by atoms with Crippen molar-refractivity contribution in [3.8, 4) is 0 Å². The first-order valence-corrected chi connectivity index (χ1v) is 5.98. The van der Waals surface area contributed by atoms with Crippen LogP contribution in [0.1, 0.15) is 23.8 Å². The van der Waals surface area contributed by atoms with E-state index in [0.29, 0.717) is 6.54 Å². The van der Waals surface area contributed by atoms with E-state index in [-0.39, 0.29) is 11.5 Å². The summed E-state index contributed by atoms with van der Waals surface area (Å²) in [7, 11) is 0. The van der Waals surface area contributed by atoms with Crippen molar-refractivity contribution >= 4 is 27.3 Å². The Bertz CT molecular complexity index is 308. The second-order valence-electron chi connectivity index (χ2n) is 3.60. The zero-order valence-corrected chi connectivity index (χ0v) is 9.57. The third kappa shape index (κ3) is 1.56. The molecule has 2 rings (SSSR count). The van der Waals surface area contributed by atoms with Gasteiger partial charge in [0.25, 0.3) is 0 Å². The second-order valence-corrected chi connectivity index (χ2v) is 5.40. The third-order valence-corrected chi connectivity index (χ3v) is 4.70. The minimum absolute atomic E-state index is 0.0205. The van der Waals surface area contributed by atoms with Gasteiger partial charge in [-0.25, -0.2) is 0 Å².